The van der Waals surface area contributed by atoms with E-state index in [4.69, 9.17) is 0 Å². The molecule has 1 nitrogen and oxygen atoms in total. The van der Waals surface area contributed by atoms with Crippen LogP contribution in [0.25, 0.3) is 0 Å². The summed E-state index contributed by atoms with van der Waals surface area (Å²) in [6.45, 7) is 0.0611. The van der Waals surface area contributed by atoms with Crippen molar-refractivity contribution in [1.29, 1.82) is 0 Å². The zero-order chi connectivity index (χ0) is 12.1. The fourth-order valence-electron chi connectivity index (χ4n) is 2.99. The average molecular weight is 236 g/mol. The van der Waals surface area contributed by atoms with Crippen LogP contribution in [0, 0.1) is 11.7 Å². The number of benzene rings is 1. The third-order valence-electron chi connectivity index (χ3n) is 3.97. The second-order valence-corrected chi connectivity index (χ2v) is 5.06. The third-order valence-corrected chi connectivity index (χ3v) is 3.97. The Labute approximate surface area is 103 Å². The second kappa shape index (κ2) is 6.15. The Morgan fingerprint density at radius 3 is 2.35 bits per heavy atom. The van der Waals surface area contributed by atoms with Gasteiger partial charge in [0.2, 0.25) is 0 Å². The molecule has 1 unspecified atom stereocenters. The Bertz CT molecular complexity index is 343. The number of hydrogen-bond acceptors (Lipinski definition) is 1. The lowest BCUT2D eigenvalue weighted by Crippen LogP contribution is -2.17. The summed E-state index contributed by atoms with van der Waals surface area (Å²) in [4.78, 5) is 0. The molecule has 0 radical (unpaired) electrons. The van der Waals surface area contributed by atoms with Crippen LogP contribution in [0.15, 0.2) is 24.3 Å². The number of halogens is 1. The maximum absolute atomic E-state index is 13.8. The summed E-state index contributed by atoms with van der Waals surface area (Å²) in [7, 11) is 0. The summed E-state index contributed by atoms with van der Waals surface area (Å²) in [5.41, 5.74) is 0.696. The zero-order valence-electron chi connectivity index (χ0n) is 10.2. The van der Waals surface area contributed by atoms with Crippen molar-refractivity contribution in [1.82, 2.24) is 0 Å². The smallest absolute Gasteiger partial charge is 0.126 e. The van der Waals surface area contributed by atoms with Gasteiger partial charge in [0.15, 0.2) is 0 Å². The Morgan fingerprint density at radius 1 is 1.12 bits per heavy atom. The molecule has 2 rings (SSSR count). The average Bonchev–Trinajstić information content (AvgIpc) is 2.62. The molecule has 1 aliphatic rings. The monoisotopic (exact) mass is 236 g/mol. The molecular weight excluding hydrogens is 215 g/mol. The van der Waals surface area contributed by atoms with Gasteiger partial charge in [-0.15, -0.1) is 0 Å². The Morgan fingerprint density at radius 2 is 1.76 bits per heavy atom. The Hall–Kier alpha value is -0.890. The molecule has 1 atom stereocenters. The summed E-state index contributed by atoms with van der Waals surface area (Å²) in [5, 5.41) is 9.58. The normalized spacial score (nSPS) is 19.9. The molecule has 0 heterocycles. The van der Waals surface area contributed by atoms with Crippen molar-refractivity contribution in [2.24, 2.45) is 5.92 Å². The van der Waals surface area contributed by atoms with E-state index in [-0.39, 0.29) is 18.3 Å². The van der Waals surface area contributed by atoms with E-state index in [1.807, 2.05) is 12.1 Å². The van der Waals surface area contributed by atoms with Crippen LogP contribution in [0.4, 0.5) is 4.39 Å². The molecule has 1 aromatic rings. The summed E-state index contributed by atoms with van der Waals surface area (Å²) in [6, 6.07) is 6.88. The fourth-order valence-corrected chi connectivity index (χ4v) is 2.99. The molecular formula is C15H21FO. The lowest BCUT2D eigenvalue weighted by Gasteiger charge is -2.25. The van der Waals surface area contributed by atoms with E-state index >= 15 is 0 Å². The van der Waals surface area contributed by atoms with Gasteiger partial charge in [-0.25, -0.2) is 4.39 Å². The topological polar surface area (TPSA) is 20.2 Å². The highest BCUT2D eigenvalue weighted by Gasteiger charge is 2.25. The lowest BCUT2D eigenvalue weighted by molar-refractivity contribution is 0.211. The van der Waals surface area contributed by atoms with Crippen LogP contribution in [-0.4, -0.2) is 11.7 Å². The quantitative estimate of drug-likeness (QED) is 0.790. The lowest BCUT2D eigenvalue weighted by atomic mass is 9.82. The van der Waals surface area contributed by atoms with E-state index in [2.05, 4.69) is 0 Å². The molecule has 1 aliphatic carbocycles. The highest BCUT2D eigenvalue weighted by molar-refractivity contribution is 5.22. The molecule has 94 valence electrons. The molecule has 1 fully saturated rings. The second-order valence-electron chi connectivity index (χ2n) is 5.06. The van der Waals surface area contributed by atoms with Crippen LogP contribution >= 0.6 is 0 Å². The van der Waals surface area contributed by atoms with Gasteiger partial charge in [0.05, 0.1) is 6.61 Å². The summed E-state index contributed by atoms with van der Waals surface area (Å²) in [5.74, 6) is 0.254. The molecule has 1 saturated carbocycles. The first-order valence-corrected chi connectivity index (χ1v) is 6.68. The van der Waals surface area contributed by atoms with Crippen molar-refractivity contribution < 1.29 is 9.50 Å². The van der Waals surface area contributed by atoms with E-state index in [1.165, 1.54) is 31.7 Å². The Balaban J connectivity index is 2.17. The third kappa shape index (κ3) is 3.06. The van der Waals surface area contributed by atoms with Gasteiger partial charge in [-0.05, 0) is 30.4 Å². The molecule has 17 heavy (non-hydrogen) atoms. The van der Waals surface area contributed by atoms with Gasteiger partial charge in [0.25, 0.3) is 0 Å². The number of rotatable bonds is 3. The maximum atomic E-state index is 13.8. The summed E-state index contributed by atoms with van der Waals surface area (Å²) < 4.78 is 13.8. The number of aliphatic hydroxyl groups is 1. The molecule has 0 bridgehead atoms. The summed E-state index contributed by atoms with van der Waals surface area (Å²) >= 11 is 0. The van der Waals surface area contributed by atoms with Gasteiger partial charge in [0, 0.05) is 5.92 Å². The van der Waals surface area contributed by atoms with E-state index in [0.29, 0.717) is 11.5 Å². The van der Waals surface area contributed by atoms with Gasteiger partial charge in [-0.2, -0.15) is 0 Å². The minimum absolute atomic E-state index is 0.0192. The molecule has 1 aromatic carbocycles. The van der Waals surface area contributed by atoms with Gasteiger partial charge in [-0.3, -0.25) is 0 Å². The fraction of sp³-hybridized carbons (Fsp3) is 0.600. The molecule has 0 aliphatic heterocycles. The molecule has 0 spiro atoms. The van der Waals surface area contributed by atoms with Crippen molar-refractivity contribution >= 4 is 0 Å². The minimum Gasteiger partial charge on any atom is -0.396 e. The van der Waals surface area contributed by atoms with E-state index < -0.39 is 0 Å². The van der Waals surface area contributed by atoms with Crippen LogP contribution in [0.2, 0.25) is 0 Å². The predicted molar refractivity (Wildman–Crippen MR) is 67.4 cm³/mol. The van der Waals surface area contributed by atoms with Crippen LogP contribution in [0.5, 0.6) is 0 Å². The highest BCUT2D eigenvalue weighted by Crippen LogP contribution is 2.35. The Kier molecular flexibility index (Phi) is 4.55. The highest BCUT2D eigenvalue weighted by atomic mass is 19.1. The molecule has 2 heteroatoms. The van der Waals surface area contributed by atoms with E-state index in [0.717, 1.165) is 12.8 Å². The molecule has 0 amide bonds. The van der Waals surface area contributed by atoms with Crippen molar-refractivity contribution in [2.75, 3.05) is 6.61 Å². The van der Waals surface area contributed by atoms with Crippen LogP contribution < -0.4 is 0 Å². The zero-order valence-corrected chi connectivity index (χ0v) is 10.2. The molecule has 0 aromatic heterocycles. The van der Waals surface area contributed by atoms with Gasteiger partial charge >= 0.3 is 0 Å². The summed E-state index contributed by atoms with van der Waals surface area (Å²) in [6.07, 6.45) is 7.25. The minimum atomic E-state index is -0.171. The van der Waals surface area contributed by atoms with Gasteiger partial charge < -0.3 is 5.11 Å². The first-order chi connectivity index (χ1) is 8.33. The van der Waals surface area contributed by atoms with Crippen molar-refractivity contribution in [2.45, 2.75) is 44.4 Å². The van der Waals surface area contributed by atoms with Gasteiger partial charge in [0.1, 0.15) is 5.82 Å². The standard InChI is InChI=1S/C15H21FO/c16-15-10-6-5-9-13(15)14(11-17)12-7-3-1-2-4-8-12/h5-6,9-10,12,14,17H,1-4,7-8,11H2. The van der Waals surface area contributed by atoms with Gasteiger partial charge in [-0.1, -0.05) is 43.9 Å². The first kappa shape index (κ1) is 12.6. The first-order valence-electron chi connectivity index (χ1n) is 6.68. The van der Waals surface area contributed by atoms with E-state index in [1.54, 1.807) is 6.07 Å². The van der Waals surface area contributed by atoms with Crippen molar-refractivity contribution in [3.8, 4) is 0 Å². The van der Waals surface area contributed by atoms with Crippen molar-refractivity contribution in [3.63, 3.8) is 0 Å². The van der Waals surface area contributed by atoms with Crippen LogP contribution in [-0.2, 0) is 0 Å². The number of aliphatic hydroxyl groups excluding tert-OH is 1. The SMILES string of the molecule is OCC(c1ccccc1F)C1CCCCCC1. The maximum Gasteiger partial charge on any atom is 0.126 e. The molecule has 1 N–H and O–H groups in total. The van der Waals surface area contributed by atoms with Crippen molar-refractivity contribution in [3.05, 3.63) is 35.6 Å². The molecule has 0 saturated heterocycles. The van der Waals surface area contributed by atoms with Crippen LogP contribution in [0.1, 0.15) is 50.0 Å². The van der Waals surface area contributed by atoms with E-state index in [9.17, 15) is 9.50 Å². The van der Waals surface area contributed by atoms with Crippen LogP contribution in [0.3, 0.4) is 0 Å². The largest absolute Gasteiger partial charge is 0.396 e. The predicted octanol–water partition coefficient (Wildman–Crippen LogP) is 3.87. The number of hydrogen-bond donors (Lipinski definition) is 1.